The molecule has 46 heavy (non-hydrogen) atoms. The number of nitrogens with one attached hydrogen (secondary N) is 2. The molecule has 2 aliphatic rings. The van der Waals surface area contributed by atoms with Crippen LogP contribution in [0.1, 0.15) is 120 Å². The molecule has 1 atom stereocenters. The van der Waals surface area contributed by atoms with Crippen LogP contribution < -0.4 is 10.1 Å². The molecular formula is C36H49N7O3. The number of tetrazole rings is 1. The molecule has 1 aromatic heterocycles. The Hall–Kier alpha value is -4.08. The van der Waals surface area contributed by atoms with Crippen molar-refractivity contribution in [3.63, 3.8) is 0 Å². The van der Waals surface area contributed by atoms with Crippen molar-refractivity contribution >= 4 is 17.5 Å². The molecule has 1 spiro atoms. The van der Waals surface area contributed by atoms with Gasteiger partial charge in [0, 0.05) is 11.1 Å². The lowest BCUT2D eigenvalue weighted by Crippen LogP contribution is -2.51. The summed E-state index contributed by atoms with van der Waals surface area (Å²) in [7, 11) is 0. The summed E-state index contributed by atoms with van der Waals surface area (Å²) in [4.78, 5) is 35.0. The van der Waals surface area contributed by atoms with E-state index in [0.717, 1.165) is 55.4 Å². The Bertz CT molecular complexity index is 1510. The number of aromatic nitrogens is 4. The van der Waals surface area contributed by atoms with E-state index in [1.54, 1.807) is 0 Å². The predicted molar refractivity (Wildman–Crippen MR) is 178 cm³/mol. The number of benzene rings is 2. The van der Waals surface area contributed by atoms with Crippen LogP contribution in [0.5, 0.6) is 5.75 Å². The van der Waals surface area contributed by atoms with Crippen molar-refractivity contribution < 1.29 is 14.3 Å². The van der Waals surface area contributed by atoms with Crippen molar-refractivity contribution in [3.05, 3.63) is 71.0 Å². The van der Waals surface area contributed by atoms with E-state index in [9.17, 15) is 9.59 Å². The van der Waals surface area contributed by atoms with Gasteiger partial charge in [0.1, 0.15) is 17.1 Å². The summed E-state index contributed by atoms with van der Waals surface area (Å²) in [6, 6.07) is 15.2. The second-order valence-corrected chi connectivity index (χ2v) is 15.0. The Morgan fingerprint density at radius 1 is 1.04 bits per heavy atom. The summed E-state index contributed by atoms with van der Waals surface area (Å²) in [5.41, 5.74) is 2.53. The lowest BCUT2D eigenvalue weighted by Gasteiger charge is -2.47. The fourth-order valence-corrected chi connectivity index (χ4v) is 6.80. The number of nitrogens with zero attached hydrogens (tertiary/aromatic N) is 5. The van der Waals surface area contributed by atoms with E-state index in [4.69, 9.17) is 9.73 Å². The molecule has 0 radical (unpaired) electrons. The van der Waals surface area contributed by atoms with Crippen LogP contribution in [0.3, 0.4) is 0 Å². The molecule has 2 N–H and O–H groups in total. The number of ether oxygens (including phenoxy) is 1. The van der Waals surface area contributed by atoms with Gasteiger partial charge in [-0.25, -0.2) is 0 Å². The minimum absolute atomic E-state index is 0.0285. The summed E-state index contributed by atoms with van der Waals surface area (Å²) in [6.07, 6.45) is 5.38. The number of carbonyl (C=O) groups is 2. The van der Waals surface area contributed by atoms with Crippen LogP contribution in [-0.2, 0) is 11.3 Å². The fourth-order valence-electron chi connectivity index (χ4n) is 6.80. The zero-order valence-electron chi connectivity index (χ0n) is 28.4. The van der Waals surface area contributed by atoms with E-state index in [1.165, 1.54) is 0 Å². The zero-order chi connectivity index (χ0) is 33.1. The maximum Gasteiger partial charge on any atom is 0.275 e. The van der Waals surface area contributed by atoms with Crippen LogP contribution in [0.2, 0.25) is 0 Å². The first-order chi connectivity index (χ1) is 21.8. The Labute approximate surface area is 272 Å². The lowest BCUT2D eigenvalue weighted by molar-refractivity contribution is -0.134. The van der Waals surface area contributed by atoms with Gasteiger partial charge < -0.3 is 15.0 Å². The number of amides is 2. The molecule has 1 unspecified atom stereocenters. The summed E-state index contributed by atoms with van der Waals surface area (Å²) in [6.45, 7) is 16.4. The molecular weight excluding hydrogens is 578 g/mol. The minimum atomic E-state index is -0.615. The van der Waals surface area contributed by atoms with Crippen LogP contribution in [0.15, 0.2) is 53.5 Å². The zero-order valence-corrected chi connectivity index (χ0v) is 28.4. The van der Waals surface area contributed by atoms with Gasteiger partial charge in [0.25, 0.3) is 11.8 Å². The Balaban J connectivity index is 1.49. The van der Waals surface area contributed by atoms with Gasteiger partial charge in [0.2, 0.25) is 0 Å². The van der Waals surface area contributed by atoms with Crippen LogP contribution in [0.25, 0.3) is 0 Å². The number of carbonyl (C=O) groups excluding carboxylic acids is 2. The summed E-state index contributed by atoms with van der Waals surface area (Å²) in [5.74, 6) is 1.50. The van der Waals surface area contributed by atoms with Crippen molar-refractivity contribution in [1.29, 1.82) is 0 Å². The molecule has 5 rings (SSSR count). The van der Waals surface area contributed by atoms with Gasteiger partial charge >= 0.3 is 0 Å². The van der Waals surface area contributed by atoms with Gasteiger partial charge in [-0.05, 0) is 104 Å². The molecule has 1 aliphatic carbocycles. The highest BCUT2D eigenvalue weighted by molar-refractivity contribution is 6.46. The van der Waals surface area contributed by atoms with Crippen molar-refractivity contribution in [2.75, 3.05) is 6.61 Å². The average molecular weight is 628 g/mol. The normalized spacial score (nSPS) is 20.9. The highest BCUT2D eigenvalue weighted by Gasteiger charge is 2.52. The molecule has 1 saturated carbocycles. The van der Waals surface area contributed by atoms with E-state index in [1.807, 2.05) is 55.5 Å². The average Bonchev–Trinajstić information content (AvgIpc) is 3.63. The first-order valence-electron chi connectivity index (χ1n) is 16.6. The van der Waals surface area contributed by atoms with Crippen LogP contribution in [0, 0.1) is 16.7 Å². The van der Waals surface area contributed by atoms with Crippen molar-refractivity contribution in [1.82, 2.24) is 30.8 Å². The van der Waals surface area contributed by atoms with Gasteiger partial charge in [0.05, 0.1) is 19.2 Å². The summed E-state index contributed by atoms with van der Waals surface area (Å²) >= 11 is 0. The van der Waals surface area contributed by atoms with E-state index in [0.29, 0.717) is 29.6 Å². The largest absolute Gasteiger partial charge is 0.494 e. The van der Waals surface area contributed by atoms with Gasteiger partial charge in [-0.2, -0.15) is 5.21 Å². The van der Waals surface area contributed by atoms with E-state index in [-0.39, 0.29) is 35.2 Å². The molecule has 0 bridgehead atoms. The smallest absolute Gasteiger partial charge is 0.275 e. The van der Waals surface area contributed by atoms with Gasteiger partial charge in [0.15, 0.2) is 5.82 Å². The number of hydrogen-bond donors (Lipinski definition) is 2. The molecule has 2 heterocycles. The maximum absolute atomic E-state index is 14.7. The molecule has 2 aromatic carbocycles. The van der Waals surface area contributed by atoms with Crippen molar-refractivity contribution in [3.8, 4) is 5.75 Å². The molecule has 3 aromatic rings. The van der Waals surface area contributed by atoms with Gasteiger partial charge in [-0.1, -0.05) is 58.9 Å². The number of aliphatic imine (C=N–C) groups is 1. The predicted octanol–water partition coefficient (Wildman–Crippen LogP) is 6.66. The maximum atomic E-state index is 14.7. The van der Waals surface area contributed by atoms with E-state index < -0.39 is 5.66 Å². The molecule has 10 nitrogen and oxygen atoms in total. The Morgan fingerprint density at radius 3 is 2.28 bits per heavy atom. The molecule has 2 amide bonds. The third kappa shape index (κ3) is 7.48. The summed E-state index contributed by atoms with van der Waals surface area (Å²) < 4.78 is 5.67. The topological polar surface area (TPSA) is 125 Å². The number of rotatable bonds is 10. The van der Waals surface area contributed by atoms with Crippen molar-refractivity contribution in [2.24, 2.45) is 21.7 Å². The second kappa shape index (κ2) is 13.3. The third-order valence-electron chi connectivity index (χ3n) is 9.47. The monoisotopic (exact) mass is 627 g/mol. The third-order valence-corrected chi connectivity index (χ3v) is 9.47. The lowest BCUT2D eigenvalue weighted by atomic mass is 9.69. The standard InChI is InChI=1S/C36H49N7O3/c1-8-46-28-15-13-25(14-16-28)31-33(45)43(36(38-31)21-17-27(18-22-36)35(5,6)7)29(19-20-34(2,3)4)24-9-11-26(12-10-24)32(44)37-23-30-39-41-42-40-30/h9-16,27,29H,8,17-23H2,1-7H3,(H,37,44)(H,39,40,41,42). The van der Waals surface area contributed by atoms with E-state index >= 15 is 0 Å². The number of hydrogen-bond acceptors (Lipinski definition) is 7. The molecule has 10 heteroatoms. The molecule has 246 valence electrons. The fraction of sp³-hybridized carbons (Fsp3) is 0.556. The first-order valence-corrected chi connectivity index (χ1v) is 16.6. The van der Waals surface area contributed by atoms with Crippen LogP contribution in [0.4, 0.5) is 0 Å². The van der Waals surface area contributed by atoms with Gasteiger partial charge in [-0.3, -0.25) is 14.6 Å². The van der Waals surface area contributed by atoms with Crippen molar-refractivity contribution in [2.45, 2.75) is 105 Å². The summed E-state index contributed by atoms with van der Waals surface area (Å²) in [5, 5.41) is 16.6. The highest BCUT2D eigenvalue weighted by atomic mass is 16.5. The van der Waals surface area contributed by atoms with Crippen LogP contribution >= 0.6 is 0 Å². The van der Waals surface area contributed by atoms with E-state index in [2.05, 4.69) is 72.4 Å². The number of H-pyrrole nitrogens is 1. The first kappa shape index (κ1) is 33.3. The molecule has 1 aliphatic heterocycles. The van der Waals surface area contributed by atoms with Crippen LogP contribution in [-0.4, -0.2) is 55.3 Å². The highest BCUT2D eigenvalue weighted by Crippen LogP contribution is 2.50. The second-order valence-electron chi connectivity index (χ2n) is 15.0. The number of aromatic amines is 1. The molecule has 0 saturated heterocycles. The molecule has 1 fully saturated rings. The Kier molecular flexibility index (Phi) is 9.65. The van der Waals surface area contributed by atoms with Gasteiger partial charge in [-0.15, -0.1) is 10.2 Å². The SMILES string of the molecule is CCOc1ccc(C2=NC3(CCC(C(C)(C)C)CC3)N(C(CCC(C)(C)C)c3ccc(C(=O)NCc4nn[nH]n4)cc3)C2=O)cc1. The quantitative estimate of drug-likeness (QED) is 0.259. The minimum Gasteiger partial charge on any atom is -0.494 e. The Morgan fingerprint density at radius 2 is 1.72 bits per heavy atom.